The van der Waals surface area contributed by atoms with Gasteiger partial charge in [0.15, 0.2) is 5.11 Å². The van der Waals surface area contributed by atoms with E-state index in [1.54, 1.807) is 0 Å². The Kier molecular flexibility index (Phi) is 8.48. The highest BCUT2D eigenvalue weighted by Gasteiger charge is 2.29. The van der Waals surface area contributed by atoms with E-state index in [9.17, 15) is 22.8 Å². The zero-order valence-electron chi connectivity index (χ0n) is 15.5. The Hall–Kier alpha value is -2.79. The summed E-state index contributed by atoms with van der Waals surface area (Å²) < 4.78 is 37.6. The molecule has 0 saturated carbocycles. The van der Waals surface area contributed by atoms with Crippen molar-refractivity contribution in [2.24, 2.45) is 0 Å². The lowest BCUT2D eigenvalue weighted by Gasteiger charge is -2.14. The van der Waals surface area contributed by atoms with Crippen molar-refractivity contribution in [2.45, 2.75) is 24.4 Å². The minimum absolute atomic E-state index is 0.0275. The van der Waals surface area contributed by atoms with Crippen LogP contribution in [0.15, 0.2) is 54.6 Å². The van der Waals surface area contributed by atoms with Gasteiger partial charge < -0.3 is 10.6 Å². The van der Waals surface area contributed by atoms with Crippen molar-refractivity contribution in [3.8, 4) is 0 Å². The van der Waals surface area contributed by atoms with Gasteiger partial charge in [-0.15, -0.1) is 0 Å². The molecule has 4 N–H and O–H groups in total. The third-order valence-corrected chi connectivity index (χ3v) is 4.19. The molecule has 0 spiro atoms. The molecule has 0 heterocycles. The van der Waals surface area contributed by atoms with E-state index < -0.39 is 23.0 Å². The lowest BCUT2D eigenvalue weighted by molar-refractivity contribution is -0.137. The Morgan fingerprint density at radius 3 is 2.20 bits per heavy atom. The highest BCUT2D eigenvalue weighted by Crippen LogP contribution is 2.29. The van der Waals surface area contributed by atoms with E-state index in [0.717, 1.165) is 17.8 Å². The summed E-state index contributed by atoms with van der Waals surface area (Å²) in [5.41, 5.74) is 4.95. The number of nitrogens with one attached hydrogen (secondary N) is 4. The number of anilines is 2. The van der Waals surface area contributed by atoms with E-state index >= 15 is 0 Å². The van der Waals surface area contributed by atoms with E-state index in [-0.39, 0.29) is 23.7 Å². The average Bonchev–Trinajstić information content (AvgIpc) is 2.66. The number of benzene rings is 2. The second kappa shape index (κ2) is 10.8. The number of carbonyl (C=O) groups excluding carboxylic acids is 2. The van der Waals surface area contributed by atoms with Crippen molar-refractivity contribution in [1.29, 1.82) is 0 Å². The molecule has 0 radical (unpaired) electrons. The first kappa shape index (κ1) is 23.5. The van der Waals surface area contributed by atoms with Gasteiger partial charge in [0.1, 0.15) is 5.78 Å². The van der Waals surface area contributed by atoms with Gasteiger partial charge in [-0.25, -0.2) is 0 Å². The Bertz CT molecular complexity index is 878. The quantitative estimate of drug-likeness (QED) is 0.144. The Balaban J connectivity index is 1.70. The normalized spacial score (nSPS) is 11.9. The van der Waals surface area contributed by atoms with Crippen LogP contribution < -0.4 is 21.5 Å². The number of halogens is 3. The molecule has 6 nitrogen and oxygen atoms in total. The van der Waals surface area contributed by atoms with Crippen molar-refractivity contribution in [3.63, 3.8) is 0 Å². The monoisotopic (exact) mass is 456 g/mol. The van der Waals surface area contributed by atoms with Gasteiger partial charge in [0, 0.05) is 17.8 Å². The van der Waals surface area contributed by atoms with E-state index in [4.69, 9.17) is 12.2 Å². The summed E-state index contributed by atoms with van der Waals surface area (Å²) in [5, 5.41) is 5.15. The summed E-state index contributed by atoms with van der Waals surface area (Å²) in [6, 6.07) is 13.4. The predicted octanol–water partition coefficient (Wildman–Crippen LogP) is 3.74. The Labute approximate surface area is 182 Å². The van der Waals surface area contributed by atoms with Crippen molar-refractivity contribution in [3.05, 3.63) is 60.2 Å². The average molecular weight is 457 g/mol. The van der Waals surface area contributed by atoms with Crippen LogP contribution in [0.1, 0.15) is 18.4 Å². The van der Waals surface area contributed by atoms with Gasteiger partial charge in [-0.3, -0.25) is 20.4 Å². The molecular weight excluding hydrogens is 437 g/mol. The van der Waals surface area contributed by atoms with Gasteiger partial charge in [-0.2, -0.15) is 25.8 Å². The number of carbonyl (C=O) groups is 2. The zero-order valence-corrected chi connectivity index (χ0v) is 17.2. The minimum atomic E-state index is -4.43. The molecule has 11 heteroatoms. The van der Waals surface area contributed by atoms with Gasteiger partial charge >= 0.3 is 6.18 Å². The molecule has 0 aliphatic heterocycles. The number of hydrogen-bond acceptors (Lipinski definition) is 5. The van der Waals surface area contributed by atoms with Crippen LogP contribution in [-0.4, -0.2) is 22.2 Å². The Morgan fingerprint density at radius 1 is 0.967 bits per heavy atom. The number of thiocarbonyl (C=S) groups is 1. The molecule has 0 fully saturated rings. The van der Waals surface area contributed by atoms with Gasteiger partial charge in [-0.1, -0.05) is 18.2 Å². The first-order valence-electron chi connectivity index (χ1n) is 8.68. The molecule has 1 unspecified atom stereocenters. The largest absolute Gasteiger partial charge is 0.416 e. The molecular formula is C19H19F3N4O2S2. The third-order valence-electron chi connectivity index (χ3n) is 3.67. The molecule has 160 valence electrons. The second-order valence-corrected chi connectivity index (χ2v) is 7.18. The fraction of sp³-hybridized carbons (Fsp3) is 0.211. The van der Waals surface area contributed by atoms with Crippen LogP contribution in [0.4, 0.5) is 24.5 Å². The number of para-hydroxylation sites is 1. The number of amides is 1. The number of hydrogen-bond donors (Lipinski definition) is 5. The number of ketones is 1. The van der Waals surface area contributed by atoms with Gasteiger partial charge in [0.2, 0.25) is 5.91 Å². The van der Waals surface area contributed by atoms with Crippen molar-refractivity contribution in [2.75, 3.05) is 10.6 Å². The van der Waals surface area contributed by atoms with Crippen LogP contribution in [0.5, 0.6) is 0 Å². The molecule has 30 heavy (non-hydrogen) atoms. The highest BCUT2D eigenvalue weighted by atomic mass is 32.1. The van der Waals surface area contributed by atoms with Crippen molar-refractivity contribution < 1.29 is 22.8 Å². The van der Waals surface area contributed by atoms with Crippen molar-refractivity contribution >= 4 is 53.0 Å². The zero-order chi connectivity index (χ0) is 22.1. The van der Waals surface area contributed by atoms with Gasteiger partial charge in [-0.05, 0) is 48.6 Å². The van der Waals surface area contributed by atoms with Crippen molar-refractivity contribution in [1.82, 2.24) is 10.9 Å². The molecule has 0 bridgehead atoms. The maximum atomic E-state index is 12.5. The lowest BCUT2D eigenvalue weighted by atomic mass is 10.2. The van der Waals surface area contributed by atoms with E-state index in [1.165, 1.54) is 12.1 Å². The van der Waals surface area contributed by atoms with E-state index in [1.807, 2.05) is 30.3 Å². The molecule has 0 aromatic heterocycles. The highest BCUT2D eigenvalue weighted by molar-refractivity contribution is 7.81. The molecule has 1 amide bonds. The smallest absolute Gasteiger partial charge is 0.373 e. The Morgan fingerprint density at radius 2 is 1.60 bits per heavy atom. The second-order valence-electron chi connectivity index (χ2n) is 6.15. The first-order chi connectivity index (χ1) is 14.1. The maximum Gasteiger partial charge on any atom is 0.416 e. The fourth-order valence-electron chi connectivity index (χ4n) is 2.32. The number of Topliss-reactive ketones (excluding diaryl/α,β-unsaturated/α-hetero) is 1. The standard InChI is InChI=1S/C19H19F3N4O2S2/c20-19(21,22)12-6-8-14(9-7-12)24-18(30)26-25-16(28)10-15(27)11-17(29)23-13-4-2-1-3-5-13/h1-9,17,23,29H,10-11H2,(H,25,28)(H2,24,26,30). The number of thiol groups is 1. The molecule has 2 aromatic carbocycles. The molecule has 0 aliphatic carbocycles. The number of rotatable bonds is 7. The van der Waals surface area contributed by atoms with E-state index in [2.05, 4.69) is 34.1 Å². The summed E-state index contributed by atoms with van der Waals surface area (Å²) >= 11 is 9.24. The predicted molar refractivity (Wildman–Crippen MR) is 116 cm³/mol. The van der Waals surface area contributed by atoms with Crippen LogP contribution >= 0.6 is 24.8 Å². The maximum absolute atomic E-state index is 12.5. The first-order valence-corrected chi connectivity index (χ1v) is 9.60. The topological polar surface area (TPSA) is 82.3 Å². The summed E-state index contributed by atoms with van der Waals surface area (Å²) in [4.78, 5) is 23.8. The lowest BCUT2D eigenvalue weighted by Crippen LogP contribution is -2.44. The van der Waals surface area contributed by atoms with Crippen LogP contribution in [0.2, 0.25) is 0 Å². The SMILES string of the molecule is O=C(CC(=O)NNC(=S)Nc1ccc(C(F)(F)F)cc1)CC(S)Nc1ccccc1. The summed E-state index contributed by atoms with van der Waals surface area (Å²) in [6.07, 6.45) is -4.79. The third kappa shape index (κ3) is 8.29. The van der Waals surface area contributed by atoms with E-state index in [0.29, 0.717) is 5.69 Å². The number of hydrazine groups is 1. The minimum Gasteiger partial charge on any atom is -0.373 e. The van der Waals surface area contributed by atoms with Gasteiger partial charge in [0.05, 0.1) is 17.4 Å². The fourth-order valence-corrected chi connectivity index (χ4v) is 2.84. The molecule has 2 aromatic rings. The van der Waals surface area contributed by atoms with Crippen LogP contribution in [0, 0.1) is 0 Å². The molecule has 2 rings (SSSR count). The number of alkyl halides is 3. The molecule has 1 atom stereocenters. The van der Waals surface area contributed by atoms with Crippen LogP contribution in [0.25, 0.3) is 0 Å². The molecule has 0 saturated heterocycles. The summed E-state index contributed by atoms with van der Waals surface area (Å²) in [7, 11) is 0. The summed E-state index contributed by atoms with van der Waals surface area (Å²) in [5.74, 6) is -0.948. The molecule has 0 aliphatic rings. The van der Waals surface area contributed by atoms with Crippen LogP contribution in [0.3, 0.4) is 0 Å². The van der Waals surface area contributed by atoms with Gasteiger partial charge in [0.25, 0.3) is 0 Å². The summed E-state index contributed by atoms with van der Waals surface area (Å²) in [6.45, 7) is 0. The van der Waals surface area contributed by atoms with Crippen LogP contribution in [-0.2, 0) is 15.8 Å².